The molecule has 0 radical (unpaired) electrons. The SMILES string of the molecule is CCOC(=O)CCC(=NO)c1ccccc1Oc1ccccc1. The summed E-state index contributed by atoms with van der Waals surface area (Å²) in [5.74, 6) is 0.924. The molecule has 0 spiro atoms. The van der Waals surface area contributed by atoms with Gasteiger partial charge in [-0.05, 0) is 31.2 Å². The van der Waals surface area contributed by atoms with Gasteiger partial charge in [0, 0.05) is 12.0 Å². The van der Waals surface area contributed by atoms with Crippen LogP contribution in [0.3, 0.4) is 0 Å². The molecule has 0 aliphatic rings. The van der Waals surface area contributed by atoms with Crippen molar-refractivity contribution in [2.75, 3.05) is 6.61 Å². The lowest BCUT2D eigenvalue weighted by Crippen LogP contribution is -2.09. The average molecular weight is 313 g/mol. The van der Waals surface area contributed by atoms with Crippen LogP contribution in [0.15, 0.2) is 59.8 Å². The summed E-state index contributed by atoms with van der Waals surface area (Å²) in [4.78, 5) is 11.5. The van der Waals surface area contributed by atoms with Gasteiger partial charge in [-0.25, -0.2) is 0 Å². The minimum Gasteiger partial charge on any atom is -0.466 e. The van der Waals surface area contributed by atoms with Crippen molar-refractivity contribution in [2.45, 2.75) is 19.8 Å². The number of hydrogen-bond donors (Lipinski definition) is 1. The van der Waals surface area contributed by atoms with Gasteiger partial charge in [0.2, 0.25) is 0 Å². The van der Waals surface area contributed by atoms with E-state index in [1.165, 1.54) is 0 Å². The van der Waals surface area contributed by atoms with Gasteiger partial charge in [0.05, 0.1) is 18.7 Å². The fourth-order valence-electron chi connectivity index (χ4n) is 2.10. The van der Waals surface area contributed by atoms with E-state index in [1.807, 2.05) is 42.5 Å². The second kappa shape index (κ2) is 8.58. The third-order valence-corrected chi connectivity index (χ3v) is 3.16. The van der Waals surface area contributed by atoms with Gasteiger partial charge in [-0.15, -0.1) is 0 Å². The van der Waals surface area contributed by atoms with E-state index in [0.29, 0.717) is 29.4 Å². The normalized spacial score (nSPS) is 11.1. The van der Waals surface area contributed by atoms with E-state index in [0.717, 1.165) is 0 Å². The van der Waals surface area contributed by atoms with Crippen molar-refractivity contribution in [2.24, 2.45) is 5.16 Å². The lowest BCUT2D eigenvalue weighted by molar-refractivity contribution is -0.142. The van der Waals surface area contributed by atoms with Crippen LogP contribution in [0.1, 0.15) is 25.3 Å². The third kappa shape index (κ3) is 4.85. The molecule has 2 aromatic rings. The largest absolute Gasteiger partial charge is 0.466 e. The Morgan fingerprint density at radius 2 is 1.74 bits per heavy atom. The minimum absolute atomic E-state index is 0.146. The second-order valence-electron chi connectivity index (χ2n) is 4.76. The summed E-state index contributed by atoms with van der Waals surface area (Å²) >= 11 is 0. The van der Waals surface area contributed by atoms with Crippen LogP contribution in [0.25, 0.3) is 0 Å². The molecule has 0 saturated carbocycles. The summed E-state index contributed by atoms with van der Waals surface area (Å²) in [5.41, 5.74) is 1.02. The maximum atomic E-state index is 11.5. The molecule has 0 amide bonds. The van der Waals surface area contributed by atoms with Crippen molar-refractivity contribution in [3.8, 4) is 11.5 Å². The summed E-state index contributed by atoms with van der Waals surface area (Å²) < 4.78 is 10.7. The number of nitrogens with zero attached hydrogens (tertiary/aromatic N) is 1. The third-order valence-electron chi connectivity index (χ3n) is 3.16. The number of para-hydroxylation sites is 2. The average Bonchev–Trinajstić information content (AvgIpc) is 2.58. The molecular weight excluding hydrogens is 294 g/mol. The van der Waals surface area contributed by atoms with E-state index >= 15 is 0 Å². The Labute approximate surface area is 135 Å². The molecule has 0 aliphatic heterocycles. The number of carbonyl (C=O) groups excluding carboxylic acids is 1. The second-order valence-corrected chi connectivity index (χ2v) is 4.76. The molecule has 0 heterocycles. The Kier molecular flexibility index (Phi) is 6.17. The van der Waals surface area contributed by atoms with E-state index in [2.05, 4.69) is 5.16 Å². The van der Waals surface area contributed by atoms with Gasteiger partial charge in [0.1, 0.15) is 11.5 Å². The monoisotopic (exact) mass is 313 g/mol. The maximum Gasteiger partial charge on any atom is 0.306 e. The van der Waals surface area contributed by atoms with Crippen LogP contribution in [-0.2, 0) is 9.53 Å². The zero-order valence-electron chi connectivity index (χ0n) is 12.9. The molecule has 2 rings (SSSR count). The molecule has 0 atom stereocenters. The van der Waals surface area contributed by atoms with E-state index in [-0.39, 0.29) is 18.8 Å². The smallest absolute Gasteiger partial charge is 0.306 e. The first-order valence-electron chi connectivity index (χ1n) is 7.43. The molecule has 5 heteroatoms. The van der Waals surface area contributed by atoms with Crippen LogP contribution >= 0.6 is 0 Å². The lowest BCUT2D eigenvalue weighted by Gasteiger charge is -2.12. The maximum absolute atomic E-state index is 11.5. The Balaban J connectivity index is 2.16. The van der Waals surface area contributed by atoms with E-state index < -0.39 is 0 Å². The molecule has 1 N–H and O–H groups in total. The first-order chi connectivity index (χ1) is 11.2. The first kappa shape index (κ1) is 16.5. The highest BCUT2D eigenvalue weighted by atomic mass is 16.5. The summed E-state index contributed by atoms with van der Waals surface area (Å²) in [6.07, 6.45) is 0.414. The Bertz CT molecular complexity index is 668. The summed E-state index contributed by atoms with van der Waals surface area (Å²) in [5, 5.41) is 12.6. The topological polar surface area (TPSA) is 68.1 Å². The molecule has 0 aliphatic carbocycles. The van der Waals surface area contributed by atoms with Crippen LogP contribution in [0.5, 0.6) is 11.5 Å². The predicted molar refractivity (Wildman–Crippen MR) is 87.1 cm³/mol. The lowest BCUT2D eigenvalue weighted by atomic mass is 10.0. The summed E-state index contributed by atoms with van der Waals surface area (Å²) in [6.45, 7) is 2.08. The molecule has 0 fully saturated rings. The fraction of sp³-hybridized carbons (Fsp3) is 0.222. The zero-order chi connectivity index (χ0) is 16.5. The predicted octanol–water partition coefficient (Wildman–Crippen LogP) is 4.00. The van der Waals surface area contributed by atoms with Crippen LogP contribution in [0, 0.1) is 0 Å². The van der Waals surface area contributed by atoms with Crippen molar-refractivity contribution < 1.29 is 19.5 Å². The van der Waals surface area contributed by atoms with Crippen molar-refractivity contribution in [1.29, 1.82) is 0 Å². The molecule has 0 bridgehead atoms. The molecule has 0 unspecified atom stereocenters. The number of ether oxygens (including phenoxy) is 2. The molecule has 120 valence electrons. The zero-order valence-corrected chi connectivity index (χ0v) is 12.9. The van der Waals surface area contributed by atoms with Gasteiger partial charge in [0.25, 0.3) is 0 Å². The van der Waals surface area contributed by atoms with Crippen molar-refractivity contribution in [3.63, 3.8) is 0 Å². The Hall–Kier alpha value is -2.82. The van der Waals surface area contributed by atoms with E-state index in [4.69, 9.17) is 9.47 Å². The van der Waals surface area contributed by atoms with E-state index in [9.17, 15) is 10.0 Å². The van der Waals surface area contributed by atoms with Crippen LogP contribution in [-0.4, -0.2) is 23.5 Å². The van der Waals surface area contributed by atoms with Gasteiger partial charge >= 0.3 is 5.97 Å². The summed E-state index contributed by atoms with van der Waals surface area (Å²) in [7, 11) is 0. The highest BCUT2D eigenvalue weighted by Gasteiger charge is 2.14. The first-order valence-corrected chi connectivity index (χ1v) is 7.43. The van der Waals surface area contributed by atoms with Crippen LogP contribution < -0.4 is 4.74 Å². The molecule has 5 nitrogen and oxygen atoms in total. The minimum atomic E-state index is -0.324. The standard InChI is InChI=1S/C18H19NO4/c1-2-22-18(20)13-12-16(19-21)15-10-6-7-11-17(15)23-14-8-4-3-5-9-14/h3-11,21H,2,12-13H2,1H3. The number of carbonyl (C=O) groups is 1. The van der Waals surface area contributed by atoms with E-state index in [1.54, 1.807) is 19.1 Å². The number of esters is 1. The van der Waals surface area contributed by atoms with Gasteiger partial charge in [-0.3, -0.25) is 4.79 Å². The fourth-order valence-corrected chi connectivity index (χ4v) is 2.10. The van der Waals surface area contributed by atoms with Gasteiger partial charge in [0.15, 0.2) is 0 Å². The quantitative estimate of drug-likeness (QED) is 0.363. The highest BCUT2D eigenvalue weighted by Crippen LogP contribution is 2.26. The van der Waals surface area contributed by atoms with Gasteiger partial charge in [-0.2, -0.15) is 0 Å². The Morgan fingerprint density at radius 1 is 1.04 bits per heavy atom. The van der Waals surface area contributed by atoms with Gasteiger partial charge < -0.3 is 14.7 Å². The van der Waals surface area contributed by atoms with Crippen LogP contribution in [0.2, 0.25) is 0 Å². The molecule has 0 saturated heterocycles. The molecule has 2 aromatic carbocycles. The molecule has 0 aromatic heterocycles. The molecular formula is C18H19NO4. The number of benzene rings is 2. The van der Waals surface area contributed by atoms with Crippen molar-refractivity contribution in [3.05, 3.63) is 60.2 Å². The molecule has 23 heavy (non-hydrogen) atoms. The van der Waals surface area contributed by atoms with Crippen LogP contribution in [0.4, 0.5) is 0 Å². The van der Waals surface area contributed by atoms with Gasteiger partial charge in [-0.1, -0.05) is 35.5 Å². The highest BCUT2D eigenvalue weighted by molar-refractivity contribution is 6.03. The number of rotatable bonds is 7. The number of oxime groups is 1. The van der Waals surface area contributed by atoms with Crippen molar-refractivity contribution >= 4 is 11.7 Å². The van der Waals surface area contributed by atoms with Crippen molar-refractivity contribution in [1.82, 2.24) is 0 Å². The number of hydrogen-bond acceptors (Lipinski definition) is 5. The Morgan fingerprint density at radius 3 is 2.43 bits per heavy atom. The summed E-state index contributed by atoms with van der Waals surface area (Å²) in [6, 6.07) is 16.6.